The van der Waals surface area contributed by atoms with Crippen LogP contribution in [0.2, 0.25) is 0 Å². The molecule has 0 spiro atoms. The summed E-state index contributed by atoms with van der Waals surface area (Å²) in [5, 5.41) is 5.20. The molecule has 0 saturated heterocycles. The highest BCUT2D eigenvalue weighted by Crippen LogP contribution is 2.23. The second kappa shape index (κ2) is 7.70. The van der Waals surface area contributed by atoms with E-state index in [4.69, 9.17) is 4.74 Å². The summed E-state index contributed by atoms with van der Waals surface area (Å²) in [6, 6.07) is 8.50. The number of nitrogens with zero attached hydrogens (tertiary/aromatic N) is 3. The van der Waals surface area contributed by atoms with E-state index < -0.39 is 11.6 Å². The van der Waals surface area contributed by atoms with E-state index in [1.54, 1.807) is 23.9 Å². The van der Waals surface area contributed by atoms with E-state index in [-0.39, 0.29) is 36.3 Å². The number of methoxy groups -OCH3 is 1. The molecular weight excluding hydrogens is 392 g/mol. The zero-order valence-corrected chi connectivity index (χ0v) is 16.5. The van der Waals surface area contributed by atoms with Gasteiger partial charge in [-0.05, 0) is 29.8 Å². The Hall–Kier alpha value is -3.55. The molecule has 0 unspecified atom stereocenters. The van der Waals surface area contributed by atoms with Crippen LogP contribution < -0.4 is 10.3 Å². The fourth-order valence-electron chi connectivity index (χ4n) is 3.65. The minimum atomic E-state index is -0.524. The van der Waals surface area contributed by atoms with Gasteiger partial charge in [0, 0.05) is 37.9 Å². The minimum Gasteiger partial charge on any atom is -0.497 e. The van der Waals surface area contributed by atoms with Crippen LogP contribution in [0.5, 0.6) is 5.75 Å². The average molecular weight is 411 g/mol. The molecule has 0 saturated carbocycles. The normalized spacial score (nSPS) is 11.3. The van der Waals surface area contributed by atoms with Gasteiger partial charge in [-0.1, -0.05) is 6.07 Å². The Kier molecular flexibility index (Phi) is 5.07. The van der Waals surface area contributed by atoms with Crippen molar-refractivity contribution >= 4 is 27.6 Å². The molecule has 0 fully saturated rings. The highest BCUT2D eigenvalue weighted by Gasteiger charge is 2.16. The third-order valence-electron chi connectivity index (χ3n) is 5.18. The third-order valence-corrected chi connectivity index (χ3v) is 5.18. The number of carbonyl (C=O) groups is 1. The Labute approximate surface area is 170 Å². The van der Waals surface area contributed by atoms with Crippen LogP contribution in [0, 0.1) is 11.6 Å². The number of rotatable bonds is 6. The summed E-state index contributed by atoms with van der Waals surface area (Å²) in [6.07, 6.45) is 1.36. The van der Waals surface area contributed by atoms with Crippen LogP contribution in [0.15, 0.2) is 47.4 Å². The lowest BCUT2D eigenvalue weighted by Gasteiger charge is -2.12. The fourth-order valence-corrected chi connectivity index (χ4v) is 3.65. The number of hydrogen-bond donors (Lipinski definition) is 0. The van der Waals surface area contributed by atoms with Crippen LogP contribution in [0.25, 0.3) is 21.8 Å². The van der Waals surface area contributed by atoms with E-state index in [1.165, 1.54) is 42.1 Å². The Morgan fingerprint density at radius 1 is 1.13 bits per heavy atom. The van der Waals surface area contributed by atoms with E-state index in [0.29, 0.717) is 27.6 Å². The number of ether oxygens (including phenoxy) is 1. The Morgan fingerprint density at radius 3 is 2.67 bits per heavy atom. The molecule has 4 rings (SSSR count). The third kappa shape index (κ3) is 3.45. The predicted octanol–water partition coefficient (Wildman–Crippen LogP) is 3.38. The Morgan fingerprint density at radius 2 is 1.93 bits per heavy atom. The Bertz CT molecular complexity index is 1340. The first kappa shape index (κ1) is 19.8. The highest BCUT2D eigenvalue weighted by atomic mass is 19.1. The molecule has 8 heteroatoms. The average Bonchev–Trinajstić information content (AvgIpc) is 3.11. The first-order valence-corrected chi connectivity index (χ1v) is 9.37. The quantitative estimate of drug-likeness (QED) is 0.488. The number of carbonyl (C=O) groups excluding carboxylic acids is 1. The van der Waals surface area contributed by atoms with Crippen LogP contribution in [0.1, 0.15) is 12.0 Å². The van der Waals surface area contributed by atoms with Gasteiger partial charge in [0.05, 0.1) is 29.7 Å². The molecule has 4 aromatic rings. The molecule has 30 heavy (non-hydrogen) atoms. The number of ketones is 1. The molecule has 0 atom stereocenters. The monoisotopic (exact) mass is 411 g/mol. The first-order valence-electron chi connectivity index (χ1n) is 9.37. The van der Waals surface area contributed by atoms with E-state index in [2.05, 4.69) is 5.10 Å². The smallest absolute Gasteiger partial charge is 0.262 e. The van der Waals surface area contributed by atoms with Gasteiger partial charge in [0.15, 0.2) is 0 Å². The topological polar surface area (TPSA) is 66.1 Å². The molecular formula is C22H19F2N3O3. The number of aryl methyl sites for hydroxylation is 2. The zero-order chi connectivity index (χ0) is 21.4. The lowest BCUT2D eigenvalue weighted by atomic mass is 10.1. The molecule has 2 heterocycles. The number of halogens is 2. The molecule has 0 aliphatic carbocycles. The summed E-state index contributed by atoms with van der Waals surface area (Å²) < 4.78 is 35.9. The van der Waals surface area contributed by atoms with Gasteiger partial charge >= 0.3 is 0 Å². The van der Waals surface area contributed by atoms with Crippen molar-refractivity contribution in [3.05, 3.63) is 70.1 Å². The summed E-state index contributed by atoms with van der Waals surface area (Å²) in [4.78, 5) is 25.4. The molecule has 2 aromatic heterocycles. The van der Waals surface area contributed by atoms with Crippen LogP contribution in [0.3, 0.4) is 0 Å². The lowest BCUT2D eigenvalue weighted by Crippen LogP contribution is -2.23. The number of fused-ring (bicyclic) bond motifs is 3. The van der Waals surface area contributed by atoms with Crippen LogP contribution in [-0.2, 0) is 24.8 Å². The molecule has 6 nitrogen and oxygen atoms in total. The standard InChI is InChI=1S/C22H19F2N3O3/c1-26-21-17-6-4-14(23)10-20(17)27(22(29)18(21)12-25-26)8-7-15(28)9-13-3-5-16(30-2)11-19(13)24/h3-6,10-12H,7-9H2,1-2H3. The highest BCUT2D eigenvalue weighted by molar-refractivity contribution is 6.03. The van der Waals surface area contributed by atoms with Crippen molar-refractivity contribution in [2.24, 2.45) is 7.05 Å². The molecule has 0 aliphatic heterocycles. The van der Waals surface area contributed by atoms with E-state index in [1.807, 2.05) is 0 Å². The summed E-state index contributed by atoms with van der Waals surface area (Å²) in [6.45, 7) is 0.0558. The van der Waals surface area contributed by atoms with Crippen molar-refractivity contribution in [2.45, 2.75) is 19.4 Å². The van der Waals surface area contributed by atoms with Gasteiger partial charge < -0.3 is 9.30 Å². The number of benzene rings is 2. The first-order chi connectivity index (χ1) is 14.4. The van der Waals surface area contributed by atoms with Crippen molar-refractivity contribution in [1.29, 1.82) is 0 Å². The van der Waals surface area contributed by atoms with Crippen molar-refractivity contribution < 1.29 is 18.3 Å². The zero-order valence-electron chi connectivity index (χ0n) is 16.5. The largest absolute Gasteiger partial charge is 0.497 e. The van der Waals surface area contributed by atoms with Crippen molar-refractivity contribution in [3.63, 3.8) is 0 Å². The SMILES string of the molecule is COc1ccc(CC(=O)CCn2c(=O)c3cnn(C)c3c3ccc(F)cc32)c(F)c1. The van der Waals surface area contributed by atoms with Crippen LogP contribution in [0.4, 0.5) is 8.78 Å². The Balaban J connectivity index is 1.65. The van der Waals surface area contributed by atoms with E-state index in [9.17, 15) is 18.4 Å². The summed E-state index contributed by atoms with van der Waals surface area (Å²) in [5.41, 5.74) is 0.906. The van der Waals surface area contributed by atoms with Gasteiger partial charge in [0.25, 0.3) is 5.56 Å². The second-order valence-corrected chi connectivity index (χ2v) is 7.07. The predicted molar refractivity (Wildman–Crippen MR) is 109 cm³/mol. The van der Waals surface area contributed by atoms with Gasteiger partial charge in [-0.2, -0.15) is 5.10 Å². The van der Waals surface area contributed by atoms with Gasteiger partial charge in [-0.3, -0.25) is 14.3 Å². The van der Waals surface area contributed by atoms with Gasteiger partial charge in [0.2, 0.25) is 0 Å². The maximum Gasteiger partial charge on any atom is 0.262 e. The molecule has 0 amide bonds. The molecule has 0 aliphatic rings. The second-order valence-electron chi connectivity index (χ2n) is 7.07. The van der Waals surface area contributed by atoms with Crippen molar-refractivity contribution in [3.8, 4) is 5.75 Å². The summed E-state index contributed by atoms with van der Waals surface area (Å²) in [5.74, 6) is -0.872. The maximum absolute atomic E-state index is 14.1. The lowest BCUT2D eigenvalue weighted by molar-refractivity contribution is -0.118. The number of pyridine rings is 1. The fraction of sp³-hybridized carbons (Fsp3) is 0.227. The van der Waals surface area contributed by atoms with Crippen molar-refractivity contribution in [1.82, 2.24) is 14.3 Å². The number of Topliss-reactive ketones (excluding diaryl/α,β-unsaturated/α-hetero) is 1. The van der Waals surface area contributed by atoms with Gasteiger partial charge in [-0.15, -0.1) is 0 Å². The number of hydrogen-bond acceptors (Lipinski definition) is 4. The molecule has 154 valence electrons. The van der Waals surface area contributed by atoms with Gasteiger partial charge in [0.1, 0.15) is 23.2 Å². The molecule has 0 bridgehead atoms. The minimum absolute atomic E-state index is 0.00274. The summed E-state index contributed by atoms with van der Waals surface area (Å²) >= 11 is 0. The van der Waals surface area contributed by atoms with E-state index >= 15 is 0 Å². The van der Waals surface area contributed by atoms with E-state index in [0.717, 1.165) is 0 Å². The molecule has 0 N–H and O–H groups in total. The summed E-state index contributed by atoms with van der Waals surface area (Å²) in [7, 11) is 3.14. The molecule has 0 radical (unpaired) electrons. The van der Waals surface area contributed by atoms with Crippen molar-refractivity contribution in [2.75, 3.05) is 7.11 Å². The van der Waals surface area contributed by atoms with Gasteiger partial charge in [-0.25, -0.2) is 8.78 Å². The van der Waals surface area contributed by atoms with Crippen LogP contribution in [-0.4, -0.2) is 27.2 Å². The molecule has 2 aromatic carbocycles. The maximum atomic E-state index is 14.1. The number of aromatic nitrogens is 3. The van der Waals surface area contributed by atoms with Crippen LogP contribution >= 0.6 is 0 Å².